The smallest absolute Gasteiger partial charge is 0.310 e. The van der Waals surface area contributed by atoms with Crippen LogP contribution in [0.1, 0.15) is 5.56 Å². The minimum Gasteiger partial charge on any atom is -0.497 e. The average Bonchev–Trinajstić information content (AvgIpc) is 2.66. The molecule has 0 atom stereocenters. The third kappa shape index (κ3) is 5.70. The van der Waals surface area contributed by atoms with Crippen LogP contribution in [0.25, 0.3) is 0 Å². The first-order valence-electron chi connectivity index (χ1n) is 7.83. The van der Waals surface area contributed by atoms with Gasteiger partial charge < -0.3 is 19.5 Å². The summed E-state index contributed by atoms with van der Waals surface area (Å²) in [5, 5.41) is 13.4. The molecule has 142 valence electrons. The standard InChI is InChI=1S/C18H18N2O7/c1-25-13-5-3-4-12(8-13)9-18(22)27-11-17(21)19-15-7-6-14(26-2)10-16(15)20(23)24/h3-8,10H,9,11H2,1-2H3,(H,19,21). The summed E-state index contributed by atoms with van der Waals surface area (Å²) in [6, 6.07) is 10.9. The molecular formula is C18H18N2O7. The van der Waals surface area contributed by atoms with Crippen molar-refractivity contribution >= 4 is 23.3 Å². The highest BCUT2D eigenvalue weighted by atomic mass is 16.6. The van der Waals surface area contributed by atoms with E-state index in [-0.39, 0.29) is 23.5 Å². The van der Waals surface area contributed by atoms with Gasteiger partial charge in [0.1, 0.15) is 17.2 Å². The van der Waals surface area contributed by atoms with Crippen LogP contribution in [0.15, 0.2) is 42.5 Å². The molecule has 27 heavy (non-hydrogen) atoms. The molecule has 1 amide bonds. The summed E-state index contributed by atoms with van der Waals surface area (Å²) in [6.07, 6.45) is -0.0346. The molecule has 0 aliphatic heterocycles. The maximum absolute atomic E-state index is 11.9. The van der Waals surface area contributed by atoms with Crippen molar-refractivity contribution in [3.8, 4) is 11.5 Å². The Bertz CT molecular complexity index is 851. The Morgan fingerprint density at radius 3 is 2.44 bits per heavy atom. The number of hydrogen-bond acceptors (Lipinski definition) is 7. The molecule has 0 fully saturated rings. The molecule has 0 spiro atoms. The molecule has 2 aromatic rings. The molecule has 9 nitrogen and oxygen atoms in total. The lowest BCUT2D eigenvalue weighted by atomic mass is 10.1. The van der Waals surface area contributed by atoms with Gasteiger partial charge in [-0.2, -0.15) is 0 Å². The monoisotopic (exact) mass is 374 g/mol. The maximum Gasteiger partial charge on any atom is 0.310 e. The fourth-order valence-electron chi connectivity index (χ4n) is 2.23. The van der Waals surface area contributed by atoms with E-state index in [2.05, 4.69) is 5.32 Å². The van der Waals surface area contributed by atoms with Gasteiger partial charge in [-0.05, 0) is 29.8 Å². The lowest BCUT2D eigenvalue weighted by molar-refractivity contribution is -0.384. The SMILES string of the molecule is COc1cccc(CC(=O)OCC(=O)Nc2ccc(OC)cc2[N+](=O)[O-])c1. The van der Waals surface area contributed by atoms with Gasteiger partial charge >= 0.3 is 5.97 Å². The Hall–Kier alpha value is -3.62. The molecule has 1 N–H and O–H groups in total. The second-order valence-corrected chi connectivity index (χ2v) is 5.38. The molecule has 0 saturated carbocycles. The second kappa shape index (κ2) is 9.18. The number of benzene rings is 2. The third-order valence-corrected chi connectivity index (χ3v) is 3.52. The number of rotatable bonds is 8. The van der Waals surface area contributed by atoms with Gasteiger partial charge in [0.15, 0.2) is 6.61 Å². The van der Waals surface area contributed by atoms with Gasteiger partial charge in [0, 0.05) is 0 Å². The molecule has 0 saturated heterocycles. The van der Waals surface area contributed by atoms with Crippen molar-refractivity contribution in [1.29, 1.82) is 0 Å². The number of carbonyl (C=O) groups excluding carboxylic acids is 2. The first-order valence-corrected chi connectivity index (χ1v) is 7.83. The molecule has 0 bridgehead atoms. The second-order valence-electron chi connectivity index (χ2n) is 5.38. The van der Waals surface area contributed by atoms with Crippen molar-refractivity contribution in [2.45, 2.75) is 6.42 Å². The van der Waals surface area contributed by atoms with Gasteiger partial charge in [-0.1, -0.05) is 12.1 Å². The van der Waals surface area contributed by atoms with Gasteiger partial charge in [0.2, 0.25) is 0 Å². The van der Waals surface area contributed by atoms with E-state index in [1.165, 1.54) is 32.4 Å². The Kier molecular flexibility index (Phi) is 6.70. The fraction of sp³-hybridized carbons (Fsp3) is 0.222. The van der Waals surface area contributed by atoms with E-state index in [4.69, 9.17) is 14.2 Å². The number of carbonyl (C=O) groups is 2. The largest absolute Gasteiger partial charge is 0.497 e. The number of anilines is 1. The van der Waals surface area contributed by atoms with Gasteiger partial charge in [-0.25, -0.2) is 0 Å². The number of hydrogen-bond donors (Lipinski definition) is 1. The fourth-order valence-corrected chi connectivity index (χ4v) is 2.23. The van der Waals surface area contributed by atoms with Crippen LogP contribution in [0.3, 0.4) is 0 Å². The lowest BCUT2D eigenvalue weighted by Crippen LogP contribution is -2.22. The van der Waals surface area contributed by atoms with E-state index < -0.39 is 23.4 Å². The zero-order valence-electron chi connectivity index (χ0n) is 14.8. The molecule has 2 rings (SSSR count). The van der Waals surface area contributed by atoms with Crippen molar-refractivity contribution in [2.24, 2.45) is 0 Å². The normalized spacial score (nSPS) is 10.0. The Labute approximate surface area is 155 Å². The van der Waals surface area contributed by atoms with Crippen molar-refractivity contribution in [1.82, 2.24) is 0 Å². The average molecular weight is 374 g/mol. The number of methoxy groups -OCH3 is 2. The van der Waals surface area contributed by atoms with E-state index in [1.807, 2.05) is 0 Å². The van der Waals surface area contributed by atoms with Crippen LogP contribution < -0.4 is 14.8 Å². The zero-order chi connectivity index (χ0) is 19.8. The topological polar surface area (TPSA) is 117 Å². The predicted molar refractivity (Wildman–Crippen MR) is 95.9 cm³/mol. The van der Waals surface area contributed by atoms with Crippen LogP contribution >= 0.6 is 0 Å². The summed E-state index contributed by atoms with van der Waals surface area (Å²) in [7, 11) is 2.89. The van der Waals surface area contributed by atoms with E-state index in [0.717, 1.165) is 0 Å². The zero-order valence-corrected chi connectivity index (χ0v) is 14.8. The van der Waals surface area contributed by atoms with Gasteiger partial charge in [-0.15, -0.1) is 0 Å². The molecular weight excluding hydrogens is 356 g/mol. The lowest BCUT2D eigenvalue weighted by Gasteiger charge is -2.08. The minimum absolute atomic E-state index is 0.0188. The Balaban J connectivity index is 1.92. The summed E-state index contributed by atoms with van der Waals surface area (Å²) in [4.78, 5) is 34.2. The number of nitro groups is 1. The number of nitrogens with zero attached hydrogens (tertiary/aromatic N) is 1. The summed E-state index contributed by atoms with van der Waals surface area (Å²) >= 11 is 0. The minimum atomic E-state index is -0.692. The van der Waals surface area contributed by atoms with Crippen LogP contribution in [-0.2, 0) is 20.7 Å². The number of ether oxygens (including phenoxy) is 3. The van der Waals surface area contributed by atoms with Crippen LogP contribution in [0.4, 0.5) is 11.4 Å². The highest BCUT2D eigenvalue weighted by Gasteiger charge is 2.18. The molecule has 0 aliphatic carbocycles. The first kappa shape index (κ1) is 19.7. The molecule has 0 unspecified atom stereocenters. The summed E-state index contributed by atoms with van der Waals surface area (Å²) in [5.41, 5.74) is 0.325. The number of esters is 1. The van der Waals surface area contributed by atoms with Crippen molar-refractivity contribution in [3.63, 3.8) is 0 Å². The number of nitro benzene ring substituents is 1. The highest BCUT2D eigenvalue weighted by molar-refractivity contribution is 5.95. The van der Waals surface area contributed by atoms with Gasteiger partial charge in [0.25, 0.3) is 11.6 Å². The van der Waals surface area contributed by atoms with Gasteiger partial charge in [-0.3, -0.25) is 19.7 Å². The van der Waals surface area contributed by atoms with Crippen LogP contribution in [0.2, 0.25) is 0 Å². The molecule has 9 heteroatoms. The highest BCUT2D eigenvalue weighted by Crippen LogP contribution is 2.28. The van der Waals surface area contributed by atoms with Crippen molar-refractivity contribution in [2.75, 3.05) is 26.1 Å². The maximum atomic E-state index is 11.9. The molecule has 0 radical (unpaired) electrons. The number of nitrogens with one attached hydrogen (secondary N) is 1. The predicted octanol–water partition coefficient (Wildman–Crippen LogP) is 2.34. The van der Waals surface area contributed by atoms with Crippen LogP contribution in [0, 0.1) is 10.1 Å². The first-order chi connectivity index (χ1) is 12.9. The number of amides is 1. The van der Waals surface area contributed by atoms with E-state index in [0.29, 0.717) is 11.3 Å². The third-order valence-electron chi connectivity index (χ3n) is 3.52. The Morgan fingerprint density at radius 1 is 1.07 bits per heavy atom. The van der Waals surface area contributed by atoms with E-state index in [9.17, 15) is 19.7 Å². The van der Waals surface area contributed by atoms with Gasteiger partial charge in [0.05, 0.1) is 31.6 Å². The Morgan fingerprint density at radius 2 is 1.78 bits per heavy atom. The summed E-state index contributed by atoms with van der Waals surface area (Å²) in [5.74, 6) is -0.417. The van der Waals surface area contributed by atoms with E-state index >= 15 is 0 Å². The summed E-state index contributed by atoms with van der Waals surface area (Å²) in [6.45, 7) is -0.564. The molecule has 0 heterocycles. The van der Waals surface area contributed by atoms with Crippen LogP contribution in [0.5, 0.6) is 11.5 Å². The van der Waals surface area contributed by atoms with Crippen LogP contribution in [-0.4, -0.2) is 37.6 Å². The molecule has 2 aromatic carbocycles. The summed E-state index contributed by atoms with van der Waals surface area (Å²) < 4.78 is 14.9. The van der Waals surface area contributed by atoms with E-state index in [1.54, 1.807) is 24.3 Å². The van der Waals surface area contributed by atoms with Crippen molar-refractivity contribution < 1.29 is 28.7 Å². The quantitative estimate of drug-likeness (QED) is 0.428. The van der Waals surface area contributed by atoms with Crippen molar-refractivity contribution in [3.05, 3.63) is 58.1 Å². The molecule has 0 aliphatic rings. The molecule has 0 aromatic heterocycles.